The fraction of sp³-hybridized carbons (Fsp3) is 0.222. The summed E-state index contributed by atoms with van der Waals surface area (Å²) in [6, 6.07) is 13.8. The number of benzene rings is 1. The Balaban J connectivity index is 0.000000847. The van der Waals surface area contributed by atoms with E-state index in [2.05, 4.69) is 9.97 Å². The van der Waals surface area contributed by atoms with E-state index in [1.54, 1.807) is 6.20 Å². The van der Waals surface area contributed by atoms with Crippen LogP contribution in [0, 0.1) is 0 Å². The zero-order chi connectivity index (χ0) is 15.9. The lowest BCUT2D eigenvalue weighted by Crippen LogP contribution is -2.11. The first-order valence-electron chi connectivity index (χ1n) is 7.37. The average Bonchev–Trinajstić information content (AvgIpc) is 2.57. The first-order chi connectivity index (χ1) is 10.8. The van der Waals surface area contributed by atoms with Crippen LogP contribution in [-0.2, 0) is 6.42 Å². The Morgan fingerprint density at radius 3 is 2.55 bits per heavy atom. The van der Waals surface area contributed by atoms with Crippen LogP contribution in [0.2, 0.25) is 0 Å². The van der Waals surface area contributed by atoms with Crippen molar-refractivity contribution in [2.24, 2.45) is 0 Å². The Labute approximate surface area is 129 Å². The number of aromatic nitrogens is 2. The molecule has 114 valence electrons. The molecule has 1 aromatic carbocycles. The van der Waals surface area contributed by atoms with Gasteiger partial charge < -0.3 is 9.72 Å². The largest absolute Gasteiger partial charge is 0.480 e. The average molecular weight is 296 g/mol. The molecule has 0 bridgehead atoms. The number of hydrogen-bond donors (Lipinski definition) is 1. The van der Waals surface area contributed by atoms with E-state index in [-0.39, 0.29) is 5.56 Å². The predicted octanol–water partition coefficient (Wildman–Crippen LogP) is 3.55. The van der Waals surface area contributed by atoms with Crippen molar-refractivity contribution in [1.82, 2.24) is 9.97 Å². The van der Waals surface area contributed by atoms with Gasteiger partial charge in [-0.15, -0.1) is 0 Å². The van der Waals surface area contributed by atoms with Crippen LogP contribution in [0.3, 0.4) is 0 Å². The van der Waals surface area contributed by atoms with Gasteiger partial charge in [0.2, 0.25) is 5.88 Å². The summed E-state index contributed by atoms with van der Waals surface area (Å²) in [6.07, 6.45) is 2.34. The van der Waals surface area contributed by atoms with E-state index in [0.29, 0.717) is 17.7 Å². The Morgan fingerprint density at radius 1 is 1.14 bits per heavy atom. The van der Waals surface area contributed by atoms with Crippen LogP contribution in [0.4, 0.5) is 0 Å². The van der Waals surface area contributed by atoms with E-state index in [1.807, 2.05) is 56.3 Å². The highest BCUT2D eigenvalue weighted by atomic mass is 16.5. The number of methoxy groups -OCH3 is 1. The zero-order valence-corrected chi connectivity index (χ0v) is 13.1. The summed E-state index contributed by atoms with van der Waals surface area (Å²) in [5, 5.41) is 1.33. The molecular formula is C18H20N2O2. The van der Waals surface area contributed by atoms with Crippen LogP contribution in [0.25, 0.3) is 10.8 Å². The van der Waals surface area contributed by atoms with Crippen LogP contribution in [0.15, 0.2) is 53.5 Å². The fourth-order valence-electron chi connectivity index (χ4n) is 2.30. The minimum atomic E-state index is -0.168. The van der Waals surface area contributed by atoms with Gasteiger partial charge in [-0.1, -0.05) is 44.2 Å². The third-order valence-corrected chi connectivity index (χ3v) is 3.21. The number of hydrogen-bond acceptors (Lipinski definition) is 3. The van der Waals surface area contributed by atoms with Crippen LogP contribution in [0.1, 0.15) is 25.1 Å². The Bertz CT molecular complexity index is 795. The van der Waals surface area contributed by atoms with Crippen molar-refractivity contribution >= 4 is 10.8 Å². The minimum Gasteiger partial charge on any atom is -0.480 e. The molecule has 0 aliphatic carbocycles. The Kier molecular flexibility index (Phi) is 5.31. The molecule has 0 spiro atoms. The molecule has 4 nitrogen and oxygen atoms in total. The highest BCUT2D eigenvalue weighted by Gasteiger charge is 2.08. The number of aromatic amines is 1. The molecule has 0 unspecified atom stereocenters. The van der Waals surface area contributed by atoms with Crippen LogP contribution in [0.5, 0.6) is 5.88 Å². The van der Waals surface area contributed by atoms with Crippen LogP contribution < -0.4 is 10.3 Å². The van der Waals surface area contributed by atoms with E-state index in [4.69, 9.17) is 4.74 Å². The molecule has 1 N–H and O–H groups in total. The van der Waals surface area contributed by atoms with E-state index in [9.17, 15) is 4.79 Å². The van der Waals surface area contributed by atoms with Gasteiger partial charge in [-0.3, -0.25) is 4.79 Å². The van der Waals surface area contributed by atoms with Gasteiger partial charge in [-0.05, 0) is 23.1 Å². The second-order valence-corrected chi connectivity index (χ2v) is 4.57. The molecule has 0 amide bonds. The third-order valence-electron chi connectivity index (χ3n) is 3.21. The van der Waals surface area contributed by atoms with Gasteiger partial charge in [0.25, 0.3) is 5.56 Å². The van der Waals surface area contributed by atoms with Gasteiger partial charge >= 0.3 is 0 Å². The molecule has 4 heteroatoms. The predicted molar refractivity (Wildman–Crippen MR) is 89.5 cm³/mol. The molecule has 22 heavy (non-hydrogen) atoms. The van der Waals surface area contributed by atoms with Crippen molar-refractivity contribution in [2.45, 2.75) is 20.3 Å². The van der Waals surface area contributed by atoms with Crippen molar-refractivity contribution in [2.75, 3.05) is 7.11 Å². The lowest BCUT2D eigenvalue weighted by molar-refractivity contribution is 0.403. The Morgan fingerprint density at radius 2 is 1.86 bits per heavy atom. The normalized spacial score (nSPS) is 9.95. The number of pyridine rings is 2. The van der Waals surface area contributed by atoms with Crippen molar-refractivity contribution in [3.05, 3.63) is 70.3 Å². The summed E-state index contributed by atoms with van der Waals surface area (Å²) in [4.78, 5) is 19.1. The number of ether oxygens (including phenoxy) is 1. The highest BCUT2D eigenvalue weighted by Crippen LogP contribution is 2.19. The molecule has 0 radical (unpaired) electrons. The summed E-state index contributed by atoms with van der Waals surface area (Å²) in [5.74, 6) is 0.356. The zero-order valence-electron chi connectivity index (χ0n) is 13.1. The summed E-state index contributed by atoms with van der Waals surface area (Å²) >= 11 is 0. The van der Waals surface area contributed by atoms with Gasteiger partial charge in [0.05, 0.1) is 7.11 Å². The molecule has 3 aromatic rings. The first-order valence-corrected chi connectivity index (χ1v) is 7.37. The highest BCUT2D eigenvalue weighted by molar-refractivity contribution is 5.86. The quantitative estimate of drug-likeness (QED) is 0.804. The van der Waals surface area contributed by atoms with E-state index < -0.39 is 0 Å². The monoisotopic (exact) mass is 296 g/mol. The van der Waals surface area contributed by atoms with Crippen molar-refractivity contribution in [3.8, 4) is 5.88 Å². The fourth-order valence-corrected chi connectivity index (χ4v) is 2.30. The van der Waals surface area contributed by atoms with Gasteiger partial charge in [-0.25, -0.2) is 4.98 Å². The van der Waals surface area contributed by atoms with Crippen LogP contribution >= 0.6 is 0 Å². The molecule has 0 saturated carbocycles. The van der Waals surface area contributed by atoms with Gasteiger partial charge in [0.1, 0.15) is 5.39 Å². The number of nitrogens with zero attached hydrogens (tertiary/aromatic N) is 1. The molecule has 0 saturated heterocycles. The van der Waals surface area contributed by atoms with Gasteiger partial charge in [0.15, 0.2) is 0 Å². The van der Waals surface area contributed by atoms with Gasteiger partial charge in [-0.2, -0.15) is 0 Å². The third kappa shape index (κ3) is 3.34. The van der Waals surface area contributed by atoms with E-state index in [0.717, 1.165) is 16.6 Å². The van der Waals surface area contributed by atoms with Crippen molar-refractivity contribution < 1.29 is 4.74 Å². The number of fused-ring (bicyclic) bond motifs is 1. The SMILES string of the molecule is CC.COc1nccc2cc(Cc3ccccc3)[nH]c(=O)c12. The summed E-state index contributed by atoms with van der Waals surface area (Å²) in [6.45, 7) is 4.00. The van der Waals surface area contributed by atoms with Crippen LogP contribution in [-0.4, -0.2) is 17.1 Å². The molecule has 0 fully saturated rings. The smallest absolute Gasteiger partial charge is 0.261 e. The van der Waals surface area contributed by atoms with Crippen molar-refractivity contribution in [1.29, 1.82) is 0 Å². The first kappa shape index (κ1) is 15.8. The summed E-state index contributed by atoms with van der Waals surface area (Å²) in [5.41, 5.74) is 1.86. The van der Waals surface area contributed by atoms with E-state index in [1.165, 1.54) is 7.11 Å². The second-order valence-electron chi connectivity index (χ2n) is 4.57. The molecular weight excluding hydrogens is 276 g/mol. The summed E-state index contributed by atoms with van der Waals surface area (Å²) in [7, 11) is 1.51. The number of nitrogens with one attached hydrogen (secondary N) is 1. The molecule has 0 atom stereocenters. The maximum Gasteiger partial charge on any atom is 0.261 e. The molecule has 2 heterocycles. The standard InChI is InChI=1S/C16H14N2O2.C2H6/c1-20-16-14-12(7-8-17-16)10-13(18-15(14)19)9-11-5-3-2-4-6-11;1-2/h2-8,10H,9H2,1H3,(H,18,19);1-2H3. The molecule has 2 aromatic heterocycles. The van der Waals surface area contributed by atoms with E-state index >= 15 is 0 Å². The number of H-pyrrole nitrogens is 1. The molecule has 0 aliphatic rings. The Hall–Kier alpha value is -2.62. The maximum atomic E-state index is 12.2. The summed E-state index contributed by atoms with van der Waals surface area (Å²) < 4.78 is 5.14. The van der Waals surface area contributed by atoms with Gasteiger partial charge in [0, 0.05) is 18.3 Å². The minimum absolute atomic E-state index is 0.168. The lowest BCUT2D eigenvalue weighted by Gasteiger charge is -2.06. The lowest BCUT2D eigenvalue weighted by atomic mass is 10.1. The molecule has 0 aliphatic heterocycles. The number of rotatable bonds is 3. The maximum absolute atomic E-state index is 12.2. The molecule has 3 rings (SSSR count). The van der Waals surface area contributed by atoms with Crippen molar-refractivity contribution in [3.63, 3.8) is 0 Å². The topological polar surface area (TPSA) is 55.0 Å². The second kappa shape index (κ2) is 7.41.